The molecule has 0 bridgehead atoms. The summed E-state index contributed by atoms with van der Waals surface area (Å²) in [6.45, 7) is 1.23. The molecule has 6 heteroatoms. The number of hydrogen-bond donors (Lipinski definition) is 1. The smallest absolute Gasteiger partial charge is 0.176 e. The lowest BCUT2D eigenvalue weighted by atomic mass is 9.94. The summed E-state index contributed by atoms with van der Waals surface area (Å²) < 4.78 is 0.309. The van der Waals surface area contributed by atoms with Crippen LogP contribution in [0.5, 0.6) is 0 Å². The Balaban J connectivity index is 0. The standard InChI is InChI=1S/C9H17NO4.ClH/c1-7(11)9(14,5-8(12)13)6-10(2,3)4;/h14H,5-6H2,1-4H3;1H/t9-;/m1./s1. The second-order valence-corrected chi connectivity index (χ2v) is 4.58. The van der Waals surface area contributed by atoms with Gasteiger partial charge in [0.05, 0.1) is 21.1 Å². The van der Waals surface area contributed by atoms with E-state index in [2.05, 4.69) is 0 Å². The summed E-state index contributed by atoms with van der Waals surface area (Å²) in [5.74, 6) is -1.97. The summed E-state index contributed by atoms with van der Waals surface area (Å²) in [6.07, 6.45) is -0.655. The molecule has 0 aliphatic carbocycles. The van der Waals surface area contributed by atoms with E-state index in [1.165, 1.54) is 6.92 Å². The molecule has 0 rings (SSSR count). The van der Waals surface area contributed by atoms with Gasteiger partial charge in [-0.3, -0.25) is 4.79 Å². The first-order valence-electron chi connectivity index (χ1n) is 4.30. The minimum Gasteiger partial charge on any atom is -0.550 e. The summed E-state index contributed by atoms with van der Waals surface area (Å²) in [4.78, 5) is 21.5. The van der Waals surface area contributed by atoms with Crippen molar-refractivity contribution in [3.63, 3.8) is 0 Å². The zero-order chi connectivity index (χ0) is 11.6. The number of nitrogens with zero attached hydrogens (tertiary/aromatic N) is 1. The molecule has 0 fully saturated rings. The van der Waals surface area contributed by atoms with Crippen LogP contribution in [0.15, 0.2) is 0 Å². The number of aliphatic carboxylic acids is 1. The van der Waals surface area contributed by atoms with Crippen molar-refractivity contribution in [2.24, 2.45) is 0 Å². The van der Waals surface area contributed by atoms with Crippen LogP contribution in [-0.2, 0) is 9.59 Å². The molecule has 1 atom stereocenters. The topological polar surface area (TPSA) is 77.4 Å². The average Bonchev–Trinajstić information content (AvgIpc) is 1.79. The van der Waals surface area contributed by atoms with Gasteiger partial charge in [0.2, 0.25) is 0 Å². The quantitative estimate of drug-likeness (QED) is 0.597. The number of carbonyl (C=O) groups is 2. The van der Waals surface area contributed by atoms with Gasteiger partial charge in [0.1, 0.15) is 6.54 Å². The molecule has 0 amide bonds. The van der Waals surface area contributed by atoms with E-state index in [9.17, 15) is 19.8 Å². The van der Waals surface area contributed by atoms with Gasteiger partial charge < -0.3 is 19.5 Å². The Labute approximate surface area is 95.7 Å². The maximum atomic E-state index is 11.1. The normalized spacial score (nSPS) is 15.0. The third-order valence-electron chi connectivity index (χ3n) is 1.83. The Hall–Kier alpha value is -0.650. The molecule has 0 aromatic rings. The van der Waals surface area contributed by atoms with Crippen LogP contribution in [0.4, 0.5) is 0 Å². The monoisotopic (exact) mass is 239 g/mol. The van der Waals surface area contributed by atoms with E-state index in [0.717, 1.165) is 0 Å². The van der Waals surface area contributed by atoms with Gasteiger partial charge in [-0.2, -0.15) is 0 Å². The molecule has 5 nitrogen and oxygen atoms in total. The van der Waals surface area contributed by atoms with Crippen LogP contribution in [0.25, 0.3) is 0 Å². The van der Waals surface area contributed by atoms with E-state index in [1.54, 1.807) is 21.1 Å². The van der Waals surface area contributed by atoms with Crippen LogP contribution in [0, 0.1) is 0 Å². The molecule has 0 unspecified atom stereocenters. The first-order chi connectivity index (χ1) is 6.07. The minimum absolute atomic E-state index is 0. The fourth-order valence-corrected chi connectivity index (χ4v) is 1.32. The molecule has 0 aliphatic rings. The summed E-state index contributed by atoms with van der Waals surface area (Å²) >= 11 is 0. The molecule has 0 aromatic heterocycles. The fourth-order valence-electron chi connectivity index (χ4n) is 1.32. The van der Waals surface area contributed by atoms with Crippen molar-refractivity contribution in [1.29, 1.82) is 0 Å². The highest BCUT2D eigenvalue weighted by atomic mass is 35.5. The molecular formula is C9H18ClNO4. The van der Waals surface area contributed by atoms with E-state index in [0.29, 0.717) is 4.48 Å². The molecule has 0 spiro atoms. The third-order valence-corrected chi connectivity index (χ3v) is 1.83. The lowest BCUT2D eigenvalue weighted by Gasteiger charge is -2.34. The fraction of sp³-hybridized carbons (Fsp3) is 0.778. The first-order valence-corrected chi connectivity index (χ1v) is 4.30. The number of carboxylic acids is 1. The molecule has 0 radical (unpaired) electrons. The summed E-state index contributed by atoms with van der Waals surface area (Å²) in [7, 11) is 5.30. The maximum absolute atomic E-state index is 11.1. The highest BCUT2D eigenvalue weighted by Crippen LogP contribution is 2.15. The van der Waals surface area contributed by atoms with Crippen molar-refractivity contribution in [3.8, 4) is 0 Å². The number of Topliss-reactive ketones (excluding diaryl/α,β-unsaturated/α-hetero) is 1. The van der Waals surface area contributed by atoms with Gasteiger partial charge in [-0.1, -0.05) is 0 Å². The molecular weight excluding hydrogens is 222 g/mol. The number of halogens is 1. The Bertz CT molecular complexity index is 249. The van der Waals surface area contributed by atoms with Crippen molar-refractivity contribution in [1.82, 2.24) is 0 Å². The summed E-state index contributed by atoms with van der Waals surface area (Å²) in [6, 6.07) is 0. The number of likely N-dealkylation sites (N-methyl/N-ethyl adjacent to an activating group) is 1. The van der Waals surface area contributed by atoms with Gasteiger partial charge in [0.25, 0.3) is 0 Å². The van der Waals surface area contributed by atoms with E-state index >= 15 is 0 Å². The highest BCUT2D eigenvalue weighted by molar-refractivity contribution is 5.88. The summed E-state index contributed by atoms with van der Waals surface area (Å²) in [5, 5.41) is 20.2. The van der Waals surface area contributed by atoms with E-state index in [4.69, 9.17) is 0 Å². The second-order valence-electron chi connectivity index (χ2n) is 4.58. The zero-order valence-corrected chi connectivity index (χ0v) is 10.3. The van der Waals surface area contributed by atoms with Gasteiger partial charge in [-0.25, -0.2) is 0 Å². The van der Waals surface area contributed by atoms with Gasteiger partial charge >= 0.3 is 0 Å². The Morgan fingerprint density at radius 2 is 1.73 bits per heavy atom. The van der Waals surface area contributed by atoms with Crippen LogP contribution in [0.2, 0.25) is 0 Å². The molecule has 0 saturated heterocycles. The predicted molar refractivity (Wildman–Crippen MR) is 55.4 cm³/mol. The van der Waals surface area contributed by atoms with E-state index in [-0.39, 0.29) is 19.0 Å². The van der Waals surface area contributed by atoms with Crippen molar-refractivity contribution in [3.05, 3.63) is 0 Å². The van der Waals surface area contributed by atoms with Crippen LogP contribution in [-0.4, -0.2) is 54.6 Å². The number of rotatable bonds is 5. The van der Waals surface area contributed by atoms with Crippen LogP contribution < -0.4 is 5.11 Å². The van der Waals surface area contributed by atoms with Gasteiger partial charge in [-0.05, 0) is 6.92 Å². The Morgan fingerprint density at radius 1 is 1.33 bits per heavy atom. The highest BCUT2D eigenvalue weighted by Gasteiger charge is 2.38. The van der Waals surface area contributed by atoms with Crippen molar-refractivity contribution in [2.45, 2.75) is 18.9 Å². The number of carboxylic acid groups (broad SMARTS) is 1. The SMILES string of the molecule is CC(=O)[C@@](O)(CC(=O)[O-])C[N+](C)(C)C.Cl. The minimum atomic E-state index is -1.82. The molecule has 0 aromatic carbocycles. The second kappa shape index (κ2) is 5.44. The van der Waals surface area contributed by atoms with Crippen LogP contribution in [0.1, 0.15) is 13.3 Å². The maximum Gasteiger partial charge on any atom is 0.176 e. The lowest BCUT2D eigenvalue weighted by molar-refractivity contribution is -0.875. The molecule has 90 valence electrons. The number of carbonyl (C=O) groups excluding carboxylic acids is 2. The number of quaternary nitrogens is 1. The van der Waals surface area contributed by atoms with Gasteiger partial charge in [0, 0.05) is 12.4 Å². The average molecular weight is 240 g/mol. The van der Waals surface area contributed by atoms with Crippen LogP contribution >= 0.6 is 12.4 Å². The molecule has 0 saturated carbocycles. The molecule has 15 heavy (non-hydrogen) atoms. The van der Waals surface area contributed by atoms with Crippen molar-refractivity contribution >= 4 is 24.2 Å². The third kappa shape index (κ3) is 6.43. The zero-order valence-electron chi connectivity index (χ0n) is 9.44. The number of aliphatic hydroxyl groups is 1. The van der Waals surface area contributed by atoms with E-state index < -0.39 is 23.8 Å². The Kier molecular flexibility index (Phi) is 6.08. The molecule has 0 aliphatic heterocycles. The lowest BCUT2D eigenvalue weighted by Crippen LogP contribution is -2.55. The molecule has 1 N–H and O–H groups in total. The van der Waals surface area contributed by atoms with Crippen molar-refractivity contribution < 1.29 is 24.3 Å². The largest absolute Gasteiger partial charge is 0.550 e. The molecule has 0 heterocycles. The first kappa shape index (κ1) is 16.8. The van der Waals surface area contributed by atoms with Gasteiger partial charge in [-0.15, -0.1) is 12.4 Å². The number of ketones is 1. The predicted octanol–water partition coefficient (Wildman–Crippen LogP) is -1.43. The van der Waals surface area contributed by atoms with E-state index in [1.807, 2.05) is 0 Å². The van der Waals surface area contributed by atoms with Gasteiger partial charge in [0.15, 0.2) is 11.4 Å². The van der Waals surface area contributed by atoms with Crippen molar-refractivity contribution in [2.75, 3.05) is 27.7 Å². The van der Waals surface area contributed by atoms with Crippen LogP contribution in [0.3, 0.4) is 0 Å². The summed E-state index contributed by atoms with van der Waals surface area (Å²) in [5.41, 5.74) is -1.82. The number of hydrogen-bond acceptors (Lipinski definition) is 4. The Morgan fingerprint density at radius 3 is 1.93 bits per heavy atom.